The van der Waals surface area contributed by atoms with E-state index in [1.807, 2.05) is 0 Å². The van der Waals surface area contributed by atoms with Gasteiger partial charge in [0.2, 0.25) is 0 Å². The Morgan fingerprint density at radius 2 is 2.23 bits per heavy atom. The van der Waals surface area contributed by atoms with Gasteiger partial charge in [0.15, 0.2) is 14.8 Å². The van der Waals surface area contributed by atoms with Gasteiger partial charge in [-0.15, -0.1) is 0 Å². The topological polar surface area (TPSA) is 26.3 Å². The van der Waals surface area contributed by atoms with Crippen LogP contribution in [0.1, 0.15) is 26.2 Å². The van der Waals surface area contributed by atoms with Gasteiger partial charge in [-0.1, -0.05) is 19.9 Å². The van der Waals surface area contributed by atoms with Crippen LogP contribution in [0, 0.1) is 0 Å². The molecule has 1 atom stereocenters. The lowest BCUT2D eigenvalue weighted by molar-refractivity contribution is -0.114. The molecule has 76 valence electrons. The van der Waals surface area contributed by atoms with Crippen molar-refractivity contribution in [3.05, 3.63) is 12.7 Å². The largest absolute Gasteiger partial charge is 0.423 e. The molecule has 0 heterocycles. The molecular weight excluding hydrogens is 180 g/mol. The fourth-order valence-electron chi connectivity index (χ4n) is 1.31. The molecule has 0 amide bonds. The van der Waals surface area contributed by atoms with E-state index in [1.165, 1.54) is 18.5 Å². The van der Waals surface area contributed by atoms with Gasteiger partial charge in [0.25, 0.3) is 0 Å². The number of rotatable bonds is 8. The summed E-state index contributed by atoms with van der Waals surface area (Å²) in [5.74, 6) is 0.153. The monoisotopic (exact) mass is 200 g/mol. The van der Waals surface area contributed by atoms with Crippen LogP contribution in [-0.4, -0.2) is 21.9 Å². The van der Waals surface area contributed by atoms with Crippen LogP contribution in [0.5, 0.6) is 0 Å². The van der Waals surface area contributed by atoms with Gasteiger partial charge in [-0.25, -0.2) is 0 Å². The molecule has 0 aliphatic heterocycles. The predicted octanol–water partition coefficient (Wildman–Crippen LogP) is 2.30. The van der Waals surface area contributed by atoms with Gasteiger partial charge in [-0.2, -0.15) is 0 Å². The van der Waals surface area contributed by atoms with Gasteiger partial charge in [0.1, 0.15) is 0 Å². The highest BCUT2D eigenvalue weighted by Crippen LogP contribution is 2.08. The Kier molecular flexibility index (Phi) is 7.94. The molecule has 0 rings (SSSR count). The summed E-state index contributed by atoms with van der Waals surface area (Å²) in [6.07, 6.45) is 4.21. The van der Waals surface area contributed by atoms with E-state index < -0.39 is 9.04 Å². The summed E-state index contributed by atoms with van der Waals surface area (Å²) >= 11 is 0. The first-order valence-electron chi connectivity index (χ1n) is 4.92. The van der Waals surface area contributed by atoms with E-state index in [4.69, 9.17) is 4.43 Å². The van der Waals surface area contributed by atoms with Crippen molar-refractivity contribution in [3.63, 3.8) is 0 Å². The number of carbonyl (C=O) groups excluding carboxylic acids is 1. The zero-order valence-corrected chi connectivity index (χ0v) is 9.87. The minimum Gasteiger partial charge on any atom is -0.423 e. The maximum atomic E-state index is 10.9. The van der Waals surface area contributed by atoms with E-state index in [2.05, 4.69) is 13.5 Å². The normalized spacial score (nSPS) is 12.5. The molecule has 0 fully saturated rings. The minimum atomic E-state index is -0.969. The molecule has 0 radical (unpaired) electrons. The van der Waals surface area contributed by atoms with Crippen LogP contribution >= 0.6 is 0 Å². The highest BCUT2D eigenvalue weighted by Gasteiger charge is 2.08. The zero-order valence-electron chi connectivity index (χ0n) is 8.71. The third-order valence-electron chi connectivity index (χ3n) is 2.12. The van der Waals surface area contributed by atoms with Gasteiger partial charge >= 0.3 is 0 Å². The molecule has 2 nitrogen and oxygen atoms in total. The molecule has 0 aromatic rings. The third kappa shape index (κ3) is 6.72. The maximum Gasteiger partial charge on any atom is 0.176 e. The Morgan fingerprint density at radius 1 is 1.54 bits per heavy atom. The van der Waals surface area contributed by atoms with Crippen LogP contribution < -0.4 is 0 Å². The summed E-state index contributed by atoms with van der Waals surface area (Å²) in [6, 6.07) is 2.34. The van der Waals surface area contributed by atoms with Crippen LogP contribution in [0.4, 0.5) is 0 Å². The average Bonchev–Trinajstić information content (AvgIpc) is 2.16. The van der Waals surface area contributed by atoms with Gasteiger partial charge in [-0.3, -0.25) is 4.79 Å². The van der Waals surface area contributed by atoms with Gasteiger partial charge in [0, 0.05) is 13.5 Å². The zero-order chi connectivity index (χ0) is 10.1. The highest BCUT2D eigenvalue weighted by molar-refractivity contribution is 6.51. The summed E-state index contributed by atoms with van der Waals surface area (Å²) < 4.78 is 5.41. The van der Waals surface area contributed by atoms with E-state index in [1.54, 1.807) is 7.11 Å². The molecule has 0 aromatic carbocycles. The van der Waals surface area contributed by atoms with Crippen molar-refractivity contribution in [2.24, 2.45) is 0 Å². The molecule has 0 aliphatic rings. The Morgan fingerprint density at radius 3 is 2.69 bits per heavy atom. The van der Waals surface area contributed by atoms with E-state index in [0.717, 1.165) is 12.5 Å². The molecule has 1 unspecified atom stereocenters. The molecule has 0 spiro atoms. The van der Waals surface area contributed by atoms with Crippen molar-refractivity contribution in [2.45, 2.75) is 38.3 Å². The number of hydrogen-bond donors (Lipinski definition) is 0. The summed E-state index contributed by atoms with van der Waals surface area (Å²) in [5, 5.41) is 0. The first kappa shape index (κ1) is 12.6. The first-order valence-corrected chi connectivity index (χ1v) is 7.03. The van der Waals surface area contributed by atoms with E-state index in [-0.39, 0.29) is 5.78 Å². The summed E-state index contributed by atoms with van der Waals surface area (Å²) in [4.78, 5) is 10.9. The number of carbonyl (C=O) groups is 1. The lowest BCUT2D eigenvalue weighted by atomic mass is 10.2. The number of ketones is 1. The van der Waals surface area contributed by atoms with E-state index in [0.29, 0.717) is 6.42 Å². The Balaban J connectivity index is 3.48. The molecule has 0 N–H and O–H groups in total. The SMILES string of the molecule is C=CC(=O)CCC[SiH](CCC)OC. The molecule has 0 bridgehead atoms. The molecular formula is C10H20O2Si. The second kappa shape index (κ2) is 8.20. The highest BCUT2D eigenvalue weighted by atomic mass is 28.3. The Hall–Kier alpha value is -0.413. The van der Waals surface area contributed by atoms with Crippen molar-refractivity contribution in [2.75, 3.05) is 7.11 Å². The number of hydrogen-bond acceptors (Lipinski definition) is 2. The lowest BCUT2D eigenvalue weighted by Crippen LogP contribution is -2.15. The van der Waals surface area contributed by atoms with Crippen molar-refractivity contribution >= 4 is 14.8 Å². The van der Waals surface area contributed by atoms with Gasteiger partial charge < -0.3 is 4.43 Å². The minimum absolute atomic E-state index is 0.153. The van der Waals surface area contributed by atoms with Crippen molar-refractivity contribution in [1.82, 2.24) is 0 Å². The van der Waals surface area contributed by atoms with Crippen LogP contribution in [0.15, 0.2) is 12.7 Å². The van der Waals surface area contributed by atoms with Gasteiger partial charge in [-0.05, 0) is 24.6 Å². The molecule has 0 saturated carbocycles. The molecule has 3 heteroatoms. The lowest BCUT2D eigenvalue weighted by Gasteiger charge is -2.10. The van der Waals surface area contributed by atoms with Crippen LogP contribution in [0.2, 0.25) is 12.1 Å². The third-order valence-corrected chi connectivity index (χ3v) is 5.06. The fourth-order valence-corrected chi connectivity index (χ4v) is 3.37. The number of allylic oxidation sites excluding steroid dienone is 1. The first-order chi connectivity index (χ1) is 6.24. The summed E-state index contributed by atoms with van der Waals surface area (Å²) in [6.45, 7) is 5.62. The average molecular weight is 200 g/mol. The van der Waals surface area contributed by atoms with E-state index in [9.17, 15) is 4.79 Å². The van der Waals surface area contributed by atoms with E-state index >= 15 is 0 Å². The van der Waals surface area contributed by atoms with Crippen LogP contribution in [0.3, 0.4) is 0 Å². The molecule has 0 aromatic heterocycles. The van der Waals surface area contributed by atoms with Crippen LogP contribution in [0.25, 0.3) is 0 Å². The molecule has 0 saturated heterocycles. The standard InChI is InChI=1S/C10H20O2Si/c1-4-8-13(12-3)9-6-7-10(11)5-2/h5,13H,2,4,6-9H2,1,3H3. The smallest absolute Gasteiger partial charge is 0.176 e. The predicted molar refractivity (Wildman–Crippen MR) is 58.5 cm³/mol. The van der Waals surface area contributed by atoms with Crippen molar-refractivity contribution in [1.29, 1.82) is 0 Å². The quantitative estimate of drug-likeness (QED) is 0.444. The van der Waals surface area contributed by atoms with Gasteiger partial charge in [0.05, 0.1) is 0 Å². The Bertz CT molecular complexity index is 157. The second-order valence-electron chi connectivity index (χ2n) is 3.21. The van der Waals surface area contributed by atoms with Crippen LogP contribution in [-0.2, 0) is 9.22 Å². The second-order valence-corrected chi connectivity index (χ2v) is 6.08. The summed E-state index contributed by atoms with van der Waals surface area (Å²) in [5.41, 5.74) is 0. The molecule has 13 heavy (non-hydrogen) atoms. The molecule has 0 aliphatic carbocycles. The van der Waals surface area contributed by atoms with Crippen molar-refractivity contribution < 1.29 is 9.22 Å². The fraction of sp³-hybridized carbons (Fsp3) is 0.700. The Labute approximate surface area is 82.7 Å². The van der Waals surface area contributed by atoms with Crippen molar-refractivity contribution in [3.8, 4) is 0 Å². The maximum absolute atomic E-state index is 10.9. The summed E-state index contributed by atoms with van der Waals surface area (Å²) in [7, 11) is 0.824.